The number of carbonyl (C=O) groups is 1. The van der Waals surface area contributed by atoms with E-state index in [2.05, 4.69) is 15.6 Å². The quantitative estimate of drug-likeness (QED) is 0.910. The fraction of sp³-hybridized carbons (Fsp3) is 0.429. The Kier molecular flexibility index (Phi) is 3.58. The molecule has 1 aromatic carbocycles. The van der Waals surface area contributed by atoms with Crippen LogP contribution < -0.4 is 10.6 Å². The number of hydrogen-bond acceptors (Lipinski definition) is 4. The summed E-state index contributed by atoms with van der Waals surface area (Å²) in [6.07, 6.45) is 3.08. The number of benzene rings is 1. The van der Waals surface area contributed by atoms with Crippen molar-refractivity contribution in [3.8, 4) is 0 Å². The summed E-state index contributed by atoms with van der Waals surface area (Å²) in [4.78, 5) is 16.3. The zero-order chi connectivity index (χ0) is 14.0. The van der Waals surface area contributed by atoms with Crippen molar-refractivity contribution in [3.63, 3.8) is 0 Å². The normalized spacial score (nSPS) is 16.6. The molecule has 3 rings (SSSR count). The molecule has 1 aromatic heterocycles. The third-order valence-corrected chi connectivity index (χ3v) is 4.51. The van der Waals surface area contributed by atoms with Gasteiger partial charge in [-0.3, -0.25) is 0 Å². The Morgan fingerprint density at radius 1 is 1.50 bits per heavy atom. The van der Waals surface area contributed by atoms with Gasteiger partial charge in [0.1, 0.15) is 0 Å². The standard InChI is InChI=1S/C14H17N3O2S/c1-19-8-14(5-2-6-14)17-13(18)16-10-3-4-12-11(7-10)15-9-20-12/h3-4,7,9H,2,5-6,8H2,1H3,(H2,16,17,18). The van der Waals surface area contributed by atoms with Crippen molar-refractivity contribution in [2.75, 3.05) is 19.0 Å². The lowest BCUT2D eigenvalue weighted by Gasteiger charge is -2.41. The SMILES string of the molecule is COCC1(NC(=O)Nc2ccc3scnc3c2)CCC1. The first kappa shape index (κ1) is 13.3. The summed E-state index contributed by atoms with van der Waals surface area (Å²) in [6.45, 7) is 0.561. The maximum absolute atomic E-state index is 12.1. The molecule has 1 fully saturated rings. The highest BCUT2D eigenvalue weighted by molar-refractivity contribution is 7.16. The molecule has 0 radical (unpaired) electrons. The Morgan fingerprint density at radius 3 is 3.05 bits per heavy atom. The van der Waals surface area contributed by atoms with Crippen molar-refractivity contribution in [2.24, 2.45) is 0 Å². The van der Waals surface area contributed by atoms with Crippen LogP contribution in [0.15, 0.2) is 23.7 Å². The first-order chi connectivity index (χ1) is 9.71. The fourth-order valence-electron chi connectivity index (χ4n) is 2.52. The highest BCUT2D eigenvalue weighted by Crippen LogP contribution is 2.32. The van der Waals surface area contributed by atoms with E-state index in [9.17, 15) is 4.79 Å². The summed E-state index contributed by atoms with van der Waals surface area (Å²) in [5, 5.41) is 5.89. The zero-order valence-corrected chi connectivity index (χ0v) is 12.1. The molecular weight excluding hydrogens is 274 g/mol. The van der Waals surface area contributed by atoms with Crippen molar-refractivity contribution >= 4 is 33.3 Å². The van der Waals surface area contributed by atoms with Crippen molar-refractivity contribution in [1.29, 1.82) is 0 Å². The molecule has 0 saturated heterocycles. The Labute approximate surface area is 121 Å². The first-order valence-corrected chi connectivity index (χ1v) is 7.50. The number of methoxy groups -OCH3 is 1. The topological polar surface area (TPSA) is 63.2 Å². The molecule has 2 N–H and O–H groups in total. The van der Waals surface area contributed by atoms with E-state index in [1.165, 1.54) is 0 Å². The average Bonchev–Trinajstić information content (AvgIpc) is 2.83. The largest absolute Gasteiger partial charge is 0.382 e. The summed E-state index contributed by atoms with van der Waals surface area (Å²) in [5.74, 6) is 0. The summed E-state index contributed by atoms with van der Waals surface area (Å²) in [6, 6.07) is 5.56. The van der Waals surface area contributed by atoms with Gasteiger partial charge in [-0.1, -0.05) is 0 Å². The second-order valence-electron chi connectivity index (χ2n) is 5.18. The number of hydrogen-bond donors (Lipinski definition) is 2. The van der Waals surface area contributed by atoms with Crippen molar-refractivity contribution < 1.29 is 9.53 Å². The molecule has 0 spiro atoms. The molecule has 1 saturated carbocycles. The molecule has 1 heterocycles. The van der Waals surface area contributed by atoms with E-state index in [0.717, 1.165) is 35.2 Å². The van der Waals surface area contributed by atoms with Gasteiger partial charge in [0.15, 0.2) is 0 Å². The first-order valence-electron chi connectivity index (χ1n) is 6.62. The van der Waals surface area contributed by atoms with Gasteiger partial charge in [-0.25, -0.2) is 9.78 Å². The maximum Gasteiger partial charge on any atom is 0.319 e. The van der Waals surface area contributed by atoms with Crippen LogP contribution in [0.2, 0.25) is 0 Å². The van der Waals surface area contributed by atoms with Gasteiger partial charge in [-0.15, -0.1) is 11.3 Å². The highest BCUT2D eigenvalue weighted by Gasteiger charge is 2.38. The molecule has 5 nitrogen and oxygen atoms in total. The summed E-state index contributed by atoms with van der Waals surface area (Å²) < 4.78 is 6.31. The number of aromatic nitrogens is 1. The van der Waals surface area contributed by atoms with Gasteiger partial charge in [-0.05, 0) is 37.5 Å². The van der Waals surface area contributed by atoms with Gasteiger partial charge in [0.2, 0.25) is 0 Å². The highest BCUT2D eigenvalue weighted by atomic mass is 32.1. The number of ether oxygens (including phenoxy) is 1. The van der Waals surface area contributed by atoms with Crippen LogP contribution in [0.3, 0.4) is 0 Å². The van der Waals surface area contributed by atoms with E-state index in [-0.39, 0.29) is 11.6 Å². The fourth-order valence-corrected chi connectivity index (χ4v) is 3.18. The molecule has 0 atom stereocenters. The summed E-state index contributed by atoms with van der Waals surface area (Å²) >= 11 is 1.59. The summed E-state index contributed by atoms with van der Waals surface area (Å²) in [7, 11) is 1.66. The minimum Gasteiger partial charge on any atom is -0.382 e. The van der Waals surface area contributed by atoms with Crippen LogP contribution in [-0.2, 0) is 4.74 Å². The number of nitrogens with zero attached hydrogens (tertiary/aromatic N) is 1. The molecule has 0 aliphatic heterocycles. The van der Waals surface area contributed by atoms with E-state index in [1.807, 2.05) is 18.2 Å². The van der Waals surface area contributed by atoms with E-state index < -0.39 is 0 Å². The van der Waals surface area contributed by atoms with Gasteiger partial charge in [0.25, 0.3) is 0 Å². The molecule has 6 heteroatoms. The molecule has 1 aliphatic carbocycles. The van der Waals surface area contributed by atoms with Crippen LogP contribution in [-0.4, -0.2) is 30.3 Å². The van der Waals surface area contributed by atoms with Crippen LogP contribution in [0.25, 0.3) is 10.2 Å². The van der Waals surface area contributed by atoms with Gasteiger partial charge in [0.05, 0.1) is 27.9 Å². The number of carbonyl (C=O) groups excluding carboxylic acids is 1. The van der Waals surface area contributed by atoms with Crippen LogP contribution in [0.1, 0.15) is 19.3 Å². The average molecular weight is 291 g/mol. The monoisotopic (exact) mass is 291 g/mol. The number of fused-ring (bicyclic) bond motifs is 1. The lowest BCUT2D eigenvalue weighted by atomic mass is 9.77. The third-order valence-electron chi connectivity index (χ3n) is 3.70. The smallest absolute Gasteiger partial charge is 0.319 e. The van der Waals surface area contributed by atoms with E-state index in [1.54, 1.807) is 24.0 Å². The number of anilines is 1. The predicted octanol–water partition coefficient (Wildman–Crippen LogP) is 2.99. The van der Waals surface area contributed by atoms with Gasteiger partial charge >= 0.3 is 6.03 Å². The van der Waals surface area contributed by atoms with Crippen LogP contribution in [0.4, 0.5) is 10.5 Å². The number of nitrogens with one attached hydrogen (secondary N) is 2. The molecule has 0 bridgehead atoms. The van der Waals surface area contributed by atoms with E-state index in [4.69, 9.17) is 4.74 Å². The predicted molar refractivity (Wildman–Crippen MR) is 80.2 cm³/mol. The second kappa shape index (κ2) is 5.38. The molecule has 2 aromatic rings. The van der Waals surface area contributed by atoms with Gasteiger partial charge < -0.3 is 15.4 Å². The van der Waals surface area contributed by atoms with Crippen LogP contribution >= 0.6 is 11.3 Å². The zero-order valence-electron chi connectivity index (χ0n) is 11.3. The molecule has 106 valence electrons. The van der Waals surface area contributed by atoms with E-state index in [0.29, 0.717) is 6.61 Å². The molecule has 1 aliphatic rings. The Morgan fingerprint density at radius 2 is 2.35 bits per heavy atom. The van der Waals surface area contributed by atoms with Crippen LogP contribution in [0, 0.1) is 0 Å². The van der Waals surface area contributed by atoms with Crippen LogP contribution in [0.5, 0.6) is 0 Å². The number of thiazole rings is 1. The minimum absolute atomic E-state index is 0.184. The van der Waals surface area contributed by atoms with Crippen molar-refractivity contribution in [1.82, 2.24) is 10.3 Å². The Hall–Kier alpha value is -1.66. The number of amides is 2. The third kappa shape index (κ3) is 2.62. The lowest BCUT2D eigenvalue weighted by molar-refractivity contribution is 0.0648. The maximum atomic E-state index is 12.1. The molecular formula is C14H17N3O2S. The summed E-state index contributed by atoms with van der Waals surface area (Å²) in [5.41, 5.74) is 3.27. The number of rotatable bonds is 4. The van der Waals surface area contributed by atoms with Crippen molar-refractivity contribution in [2.45, 2.75) is 24.8 Å². The van der Waals surface area contributed by atoms with E-state index >= 15 is 0 Å². The minimum atomic E-state index is -0.191. The van der Waals surface area contributed by atoms with Crippen molar-refractivity contribution in [3.05, 3.63) is 23.7 Å². The molecule has 2 amide bonds. The Balaban J connectivity index is 1.66. The molecule has 0 unspecified atom stereocenters. The van der Waals surface area contributed by atoms with Gasteiger partial charge in [0, 0.05) is 12.8 Å². The lowest BCUT2D eigenvalue weighted by Crippen LogP contribution is -2.57. The molecule has 20 heavy (non-hydrogen) atoms. The number of urea groups is 1. The van der Waals surface area contributed by atoms with Gasteiger partial charge in [-0.2, -0.15) is 0 Å². The Bertz CT molecular complexity index is 622. The second-order valence-corrected chi connectivity index (χ2v) is 6.07.